The molecule has 0 saturated heterocycles. The molecule has 0 saturated carbocycles. The van der Waals surface area contributed by atoms with E-state index < -0.39 is 0 Å². The Balaban J connectivity index is 2.82. The number of hydrogen-bond acceptors (Lipinski definition) is 2. The van der Waals surface area contributed by atoms with Gasteiger partial charge in [-0.15, -0.1) is 11.8 Å². The molecular formula is C5H8OS. The highest BCUT2D eigenvalue weighted by Crippen LogP contribution is 1.96. The van der Waals surface area contributed by atoms with E-state index in [1.165, 1.54) is 11.8 Å². The normalized spacial score (nSPS) is 9.86. The molecule has 0 rings (SSSR count). The number of carbonyl (C=O) groups is 1. The smallest absolute Gasteiger partial charge is 0.130 e. The van der Waals surface area contributed by atoms with Crippen molar-refractivity contribution in [3.8, 4) is 0 Å². The van der Waals surface area contributed by atoms with Crippen LogP contribution in [0.3, 0.4) is 0 Å². The van der Waals surface area contributed by atoms with Crippen molar-refractivity contribution in [2.75, 3.05) is 5.75 Å². The molecule has 0 aliphatic carbocycles. The standard InChI is InChI=1S/C5H8OS/c1-2-4-7-5-3-6/h2-4H,5H2,1H3. The van der Waals surface area contributed by atoms with Crippen LogP contribution >= 0.6 is 11.8 Å². The lowest BCUT2D eigenvalue weighted by molar-refractivity contribution is -0.105. The fourth-order valence-corrected chi connectivity index (χ4v) is 0.573. The first-order chi connectivity index (χ1) is 3.41. The molecule has 0 aromatic rings. The first-order valence-electron chi connectivity index (χ1n) is 2.08. The summed E-state index contributed by atoms with van der Waals surface area (Å²) in [6, 6.07) is 0. The van der Waals surface area contributed by atoms with E-state index in [2.05, 4.69) is 0 Å². The van der Waals surface area contributed by atoms with E-state index >= 15 is 0 Å². The molecule has 0 aliphatic heterocycles. The van der Waals surface area contributed by atoms with Gasteiger partial charge in [0.05, 0.1) is 5.75 Å². The van der Waals surface area contributed by atoms with E-state index in [0.29, 0.717) is 5.75 Å². The van der Waals surface area contributed by atoms with Gasteiger partial charge in [-0.1, -0.05) is 6.08 Å². The largest absolute Gasteiger partial charge is 0.302 e. The number of hydrogen-bond donors (Lipinski definition) is 0. The summed E-state index contributed by atoms with van der Waals surface area (Å²) in [5.41, 5.74) is 0. The highest BCUT2D eigenvalue weighted by atomic mass is 32.2. The van der Waals surface area contributed by atoms with Crippen molar-refractivity contribution in [1.82, 2.24) is 0 Å². The number of carbonyl (C=O) groups excluding carboxylic acids is 1. The van der Waals surface area contributed by atoms with Gasteiger partial charge in [0.1, 0.15) is 6.29 Å². The molecule has 7 heavy (non-hydrogen) atoms. The molecule has 0 N–H and O–H groups in total. The predicted molar refractivity (Wildman–Crippen MR) is 33.3 cm³/mol. The molecule has 1 nitrogen and oxygen atoms in total. The fourth-order valence-electron chi connectivity index (χ4n) is 0.191. The maximum Gasteiger partial charge on any atom is 0.130 e. The molecule has 40 valence electrons. The summed E-state index contributed by atoms with van der Waals surface area (Å²) >= 11 is 1.50. The minimum absolute atomic E-state index is 0.574. The zero-order valence-electron chi connectivity index (χ0n) is 4.26. The van der Waals surface area contributed by atoms with Crippen molar-refractivity contribution in [3.63, 3.8) is 0 Å². The molecule has 0 aliphatic rings. The first-order valence-corrected chi connectivity index (χ1v) is 3.13. The monoisotopic (exact) mass is 116 g/mol. The van der Waals surface area contributed by atoms with Crippen LogP contribution in [-0.4, -0.2) is 12.0 Å². The molecule has 0 amide bonds. The second-order valence-electron chi connectivity index (χ2n) is 0.969. The van der Waals surface area contributed by atoms with Gasteiger partial charge in [0, 0.05) is 0 Å². The van der Waals surface area contributed by atoms with E-state index in [-0.39, 0.29) is 0 Å². The Kier molecular flexibility index (Phi) is 5.56. The molecule has 0 aromatic carbocycles. The van der Waals surface area contributed by atoms with Crippen molar-refractivity contribution in [3.05, 3.63) is 11.5 Å². The zero-order chi connectivity index (χ0) is 5.54. The van der Waals surface area contributed by atoms with Crippen LogP contribution < -0.4 is 0 Å². The Morgan fingerprint density at radius 1 is 1.71 bits per heavy atom. The van der Waals surface area contributed by atoms with Gasteiger partial charge in [0.25, 0.3) is 0 Å². The van der Waals surface area contributed by atoms with Gasteiger partial charge in [0.15, 0.2) is 0 Å². The van der Waals surface area contributed by atoms with Gasteiger partial charge < -0.3 is 4.79 Å². The summed E-state index contributed by atoms with van der Waals surface area (Å²) in [6.45, 7) is 1.93. The van der Waals surface area contributed by atoms with Crippen molar-refractivity contribution >= 4 is 18.0 Å². The topological polar surface area (TPSA) is 17.1 Å². The minimum Gasteiger partial charge on any atom is -0.302 e. The quantitative estimate of drug-likeness (QED) is 0.410. The predicted octanol–water partition coefficient (Wildman–Crippen LogP) is 1.45. The van der Waals surface area contributed by atoms with E-state index in [0.717, 1.165) is 6.29 Å². The molecule has 0 bridgehead atoms. The van der Waals surface area contributed by atoms with Crippen molar-refractivity contribution in [2.45, 2.75) is 6.92 Å². The molecule has 0 radical (unpaired) electrons. The third-order valence-electron chi connectivity index (χ3n) is 0.397. The second-order valence-corrected chi connectivity index (χ2v) is 1.91. The number of allylic oxidation sites excluding steroid dienone is 1. The van der Waals surface area contributed by atoms with Gasteiger partial charge in [-0.2, -0.15) is 0 Å². The lowest BCUT2D eigenvalue weighted by atomic mass is 10.8. The number of aldehydes is 1. The van der Waals surface area contributed by atoms with E-state index in [1.54, 1.807) is 0 Å². The average molecular weight is 116 g/mol. The molecule has 0 unspecified atom stereocenters. The average Bonchev–Trinajstić information content (AvgIpc) is 1.69. The highest BCUT2D eigenvalue weighted by molar-refractivity contribution is 8.02. The number of rotatable bonds is 3. The lowest BCUT2D eigenvalue weighted by Gasteiger charge is -1.76. The third-order valence-corrected chi connectivity index (χ3v) is 1.19. The SMILES string of the molecule is CC=CSCC=O. The highest BCUT2D eigenvalue weighted by Gasteiger charge is 1.72. The zero-order valence-corrected chi connectivity index (χ0v) is 5.07. The molecule has 0 fully saturated rings. The van der Waals surface area contributed by atoms with Gasteiger partial charge in [-0.05, 0) is 12.3 Å². The maximum absolute atomic E-state index is 9.62. The Labute approximate surface area is 47.8 Å². The Bertz CT molecular complexity index is 68.5. The van der Waals surface area contributed by atoms with Crippen molar-refractivity contribution in [1.29, 1.82) is 0 Å². The Hall–Kier alpha value is -0.240. The summed E-state index contributed by atoms with van der Waals surface area (Å²) in [5.74, 6) is 0.574. The molecule has 0 aromatic heterocycles. The van der Waals surface area contributed by atoms with Crippen LogP contribution in [-0.2, 0) is 4.79 Å². The van der Waals surface area contributed by atoms with E-state index in [9.17, 15) is 4.79 Å². The lowest BCUT2D eigenvalue weighted by Crippen LogP contribution is -1.70. The van der Waals surface area contributed by atoms with Gasteiger partial charge in [-0.3, -0.25) is 0 Å². The minimum atomic E-state index is 0.574. The summed E-state index contributed by atoms with van der Waals surface area (Å²) in [4.78, 5) is 9.62. The van der Waals surface area contributed by atoms with Crippen LogP contribution in [0, 0.1) is 0 Å². The summed E-state index contributed by atoms with van der Waals surface area (Å²) in [6.07, 6.45) is 2.80. The van der Waals surface area contributed by atoms with Crippen LogP contribution in [0.15, 0.2) is 11.5 Å². The van der Waals surface area contributed by atoms with Gasteiger partial charge in [-0.25, -0.2) is 0 Å². The molecule has 0 atom stereocenters. The summed E-state index contributed by atoms with van der Waals surface area (Å²) in [7, 11) is 0. The maximum atomic E-state index is 9.62. The van der Waals surface area contributed by atoms with Crippen LogP contribution in [0.5, 0.6) is 0 Å². The summed E-state index contributed by atoms with van der Waals surface area (Å²) < 4.78 is 0. The molecule has 0 heterocycles. The number of thioether (sulfide) groups is 1. The third kappa shape index (κ3) is 5.76. The summed E-state index contributed by atoms with van der Waals surface area (Å²) in [5, 5.41) is 1.90. The molecule has 0 spiro atoms. The van der Waals surface area contributed by atoms with Crippen LogP contribution in [0.4, 0.5) is 0 Å². The Morgan fingerprint density at radius 2 is 2.43 bits per heavy atom. The van der Waals surface area contributed by atoms with Crippen molar-refractivity contribution < 1.29 is 4.79 Å². The van der Waals surface area contributed by atoms with Gasteiger partial charge >= 0.3 is 0 Å². The van der Waals surface area contributed by atoms with Gasteiger partial charge in [0.2, 0.25) is 0 Å². The first kappa shape index (κ1) is 6.76. The molecular weight excluding hydrogens is 108 g/mol. The van der Waals surface area contributed by atoms with Crippen molar-refractivity contribution in [2.24, 2.45) is 0 Å². The second kappa shape index (κ2) is 5.76. The Morgan fingerprint density at radius 3 is 2.86 bits per heavy atom. The molecule has 2 heteroatoms. The van der Waals surface area contributed by atoms with E-state index in [4.69, 9.17) is 0 Å². The van der Waals surface area contributed by atoms with Crippen LogP contribution in [0.1, 0.15) is 6.92 Å². The van der Waals surface area contributed by atoms with Crippen LogP contribution in [0.25, 0.3) is 0 Å². The fraction of sp³-hybridized carbons (Fsp3) is 0.400. The van der Waals surface area contributed by atoms with Crippen LogP contribution in [0.2, 0.25) is 0 Å². The van der Waals surface area contributed by atoms with E-state index in [1.807, 2.05) is 18.4 Å².